The third-order valence-corrected chi connectivity index (χ3v) is 2.98. The number of ether oxygens (including phenoxy) is 1. The Kier molecular flexibility index (Phi) is 3.72. The molecule has 18 heavy (non-hydrogen) atoms. The molecule has 94 valence electrons. The molecule has 1 aromatic carbocycles. The van der Waals surface area contributed by atoms with Gasteiger partial charge in [0.1, 0.15) is 11.6 Å². The van der Waals surface area contributed by atoms with Crippen molar-refractivity contribution in [2.75, 3.05) is 12.0 Å². The van der Waals surface area contributed by atoms with Gasteiger partial charge in [-0.25, -0.2) is 4.98 Å². The molecule has 2 rings (SSSR count). The number of nitrogens with two attached hydrogens (primary N) is 1. The highest BCUT2D eigenvalue weighted by molar-refractivity contribution is 7.98. The van der Waals surface area contributed by atoms with Gasteiger partial charge in [-0.15, -0.1) is 0 Å². The van der Waals surface area contributed by atoms with Gasteiger partial charge in [0.15, 0.2) is 5.16 Å². The Morgan fingerprint density at radius 1 is 1.17 bits per heavy atom. The van der Waals surface area contributed by atoms with Gasteiger partial charge in [0.05, 0.1) is 0 Å². The second kappa shape index (κ2) is 5.27. The topological polar surface area (TPSA) is 61.0 Å². The second-order valence-electron chi connectivity index (χ2n) is 3.99. The van der Waals surface area contributed by atoms with Gasteiger partial charge < -0.3 is 10.5 Å². The third-order valence-electron chi connectivity index (χ3n) is 2.43. The monoisotopic (exact) mass is 261 g/mol. The molecule has 0 saturated heterocycles. The number of aryl methyl sites for hydroxylation is 2. The first-order chi connectivity index (χ1) is 8.58. The highest BCUT2D eigenvalue weighted by Crippen LogP contribution is 2.26. The summed E-state index contributed by atoms with van der Waals surface area (Å²) in [6.45, 7) is 4.05. The first-order valence-corrected chi connectivity index (χ1v) is 6.74. The summed E-state index contributed by atoms with van der Waals surface area (Å²) < 4.78 is 5.74. The van der Waals surface area contributed by atoms with Crippen molar-refractivity contribution in [3.05, 3.63) is 35.4 Å². The van der Waals surface area contributed by atoms with E-state index >= 15 is 0 Å². The van der Waals surface area contributed by atoms with Crippen molar-refractivity contribution in [3.63, 3.8) is 0 Å². The Labute approximate surface area is 111 Å². The van der Waals surface area contributed by atoms with E-state index in [2.05, 4.69) is 16.0 Å². The van der Waals surface area contributed by atoms with E-state index < -0.39 is 0 Å². The lowest BCUT2D eigenvalue weighted by Gasteiger charge is -2.09. The average Bonchev–Trinajstić information content (AvgIpc) is 2.32. The van der Waals surface area contributed by atoms with Gasteiger partial charge in [-0.2, -0.15) is 4.98 Å². The first kappa shape index (κ1) is 12.7. The third kappa shape index (κ3) is 2.92. The van der Waals surface area contributed by atoms with Crippen LogP contribution in [0.3, 0.4) is 0 Å². The molecule has 2 N–H and O–H groups in total. The minimum absolute atomic E-state index is 0.411. The summed E-state index contributed by atoms with van der Waals surface area (Å²) >= 11 is 1.43. The van der Waals surface area contributed by atoms with E-state index in [0.717, 1.165) is 11.3 Å². The maximum absolute atomic E-state index is 5.74. The minimum atomic E-state index is 0.411. The Bertz CT molecular complexity index is 572. The lowest BCUT2D eigenvalue weighted by Crippen LogP contribution is -1.98. The fraction of sp³-hybridized carbons (Fsp3) is 0.231. The molecule has 0 atom stereocenters. The van der Waals surface area contributed by atoms with Crippen molar-refractivity contribution in [1.82, 2.24) is 9.97 Å². The number of anilines is 1. The molecule has 0 bridgehead atoms. The van der Waals surface area contributed by atoms with Crippen LogP contribution in [0.5, 0.6) is 11.6 Å². The van der Waals surface area contributed by atoms with E-state index in [1.165, 1.54) is 17.3 Å². The highest BCUT2D eigenvalue weighted by atomic mass is 32.2. The van der Waals surface area contributed by atoms with Crippen LogP contribution in [-0.4, -0.2) is 16.2 Å². The molecule has 0 aliphatic heterocycles. The molecule has 4 nitrogen and oxygen atoms in total. The molecular formula is C13H15N3OS. The largest absolute Gasteiger partial charge is 0.439 e. The van der Waals surface area contributed by atoms with Crippen LogP contribution in [0.25, 0.3) is 0 Å². The van der Waals surface area contributed by atoms with Gasteiger partial charge >= 0.3 is 0 Å². The molecule has 0 radical (unpaired) electrons. The van der Waals surface area contributed by atoms with Crippen LogP contribution >= 0.6 is 11.8 Å². The smallest absolute Gasteiger partial charge is 0.225 e. The summed E-state index contributed by atoms with van der Waals surface area (Å²) in [6.07, 6.45) is 1.90. The van der Waals surface area contributed by atoms with Crippen LogP contribution in [0.1, 0.15) is 11.1 Å². The van der Waals surface area contributed by atoms with Crippen LogP contribution in [0, 0.1) is 13.8 Å². The molecule has 0 saturated carbocycles. The van der Waals surface area contributed by atoms with Gasteiger partial charge in [0.2, 0.25) is 5.88 Å². The van der Waals surface area contributed by atoms with Crippen molar-refractivity contribution in [2.24, 2.45) is 0 Å². The molecule has 0 amide bonds. The standard InChI is InChI=1S/C13H15N3OS/c1-8-4-5-10(9(2)6-8)17-12-7-11(14)15-13(16-12)18-3/h4-7H,1-3H3,(H2,14,15,16). The quantitative estimate of drug-likeness (QED) is 0.679. The van der Waals surface area contributed by atoms with E-state index in [1.807, 2.05) is 32.2 Å². The van der Waals surface area contributed by atoms with E-state index in [4.69, 9.17) is 10.5 Å². The zero-order chi connectivity index (χ0) is 13.1. The van der Waals surface area contributed by atoms with Crippen molar-refractivity contribution in [2.45, 2.75) is 19.0 Å². The maximum Gasteiger partial charge on any atom is 0.225 e. The molecule has 5 heteroatoms. The molecule has 0 aliphatic rings. The minimum Gasteiger partial charge on any atom is -0.439 e. The van der Waals surface area contributed by atoms with Gasteiger partial charge in [0.25, 0.3) is 0 Å². The van der Waals surface area contributed by atoms with E-state index in [0.29, 0.717) is 16.9 Å². The van der Waals surface area contributed by atoms with Gasteiger partial charge in [0, 0.05) is 6.07 Å². The summed E-state index contributed by atoms with van der Waals surface area (Å²) in [5.41, 5.74) is 7.97. The number of benzene rings is 1. The predicted octanol–water partition coefficient (Wildman–Crippen LogP) is 3.19. The first-order valence-electron chi connectivity index (χ1n) is 5.52. The van der Waals surface area contributed by atoms with Crippen molar-refractivity contribution in [3.8, 4) is 11.6 Å². The molecule has 1 aromatic heterocycles. The van der Waals surface area contributed by atoms with Crippen LogP contribution in [-0.2, 0) is 0 Å². The van der Waals surface area contributed by atoms with E-state index in [1.54, 1.807) is 6.07 Å². The van der Waals surface area contributed by atoms with Crippen LogP contribution in [0.4, 0.5) is 5.82 Å². The summed E-state index contributed by atoms with van der Waals surface area (Å²) in [4.78, 5) is 8.34. The molecular weight excluding hydrogens is 246 g/mol. The second-order valence-corrected chi connectivity index (χ2v) is 4.76. The van der Waals surface area contributed by atoms with Crippen LogP contribution < -0.4 is 10.5 Å². The summed E-state index contributed by atoms with van der Waals surface area (Å²) in [5.74, 6) is 1.67. The van der Waals surface area contributed by atoms with Crippen LogP contribution in [0.2, 0.25) is 0 Å². The molecule has 2 aromatic rings. The molecule has 0 aliphatic carbocycles. The normalized spacial score (nSPS) is 10.4. The Morgan fingerprint density at radius 3 is 2.61 bits per heavy atom. The number of nitrogens with zero attached hydrogens (tertiary/aromatic N) is 2. The highest BCUT2D eigenvalue weighted by Gasteiger charge is 2.06. The molecule has 0 unspecified atom stereocenters. The van der Waals surface area contributed by atoms with Crippen molar-refractivity contribution >= 4 is 17.6 Å². The summed E-state index contributed by atoms with van der Waals surface area (Å²) in [5, 5.41) is 0.606. The summed E-state index contributed by atoms with van der Waals surface area (Å²) in [6, 6.07) is 7.62. The van der Waals surface area contributed by atoms with E-state index in [9.17, 15) is 0 Å². The van der Waals surface area contributed by atoms with Crippen molar-refractivity contribution in [1.29, 1.82) is 0 Å². The van der Waals surface area contributed by atoms with Crippen molar-refractivity contribution < 1.29 is 4.74 Å². The van der Waals surface area contributed by atoms with Gasteiger partial charge in [-0.05, 0) is 31.7 Å². The molecule has 0 fully saturated rings. The zero-order valence-corrected chi connectivity index (χ0v) is 11.4. The molecule has 0 spiro atoms. The van der Waals surface area contributed by atoms with Gasteiger partial charge in [-0.3, -0.25) is 0 Å². The fourth-order valence-electron chi connectivity index (χ4n) is 1.59. The number of hydrogen-bond acceptors (Lipinski definition) is 5. The fourth-order valence-corrected chi connectivity index (χ4v) is 1.97. The molecule has 1 heterocycles. The zero-order valence-electron chi connectivity index (χ0n) is 10.6. The lowest BCUT2D eigenvalue weighted by molar-refractivity contribution is 0.453. The van der Waals surface area contributed by atoms with Gasteiger partial charge in [-0.1, -0.05) is 29.5 Å². The Hall–Kier alpha value is -1.75. The number of hydrogen-bond donors (Lipinski definition) is 1. The Balaban J connectivity index is 2.30. The lowest BCUT2D eigenvalue weighted by atomic mass is 10.1. The number of rotatable bonds is 3. The number of thioether (sulfide) groups is 1. The Morgan fingerprint density at radius 2 is 1.94 bits per heavy atom. The van der Waals surface area contributed by atoms with Crippen LogP contribution in [0.15, 0.2) is 29.4 Å². The summed E-state index contributed by atoms with van der Waals surface area (Å²) in [7, 11) is 0. The number of nitrogen functional groups attached to an aromatic ring is 1. The van der Waals surface area contributed by atoms with E-state index in [-0.39, 0.29) is 0 Å². The maximum atomic E-state index is 5.74. The predicted molar refractivity (Wildman–Crippen MR) is 74.2 cm³/mol. The number of aromatic nitrogens is 2. The average molecular weight is 261 g/mol. The SMILES string of the molecule is CSc1nc(N)cc(Oc2ccc(C)cc2C)n1.